The van der Waals surface area contributed by atoms with Crippen LogP contribution in [0.3, 0.4) is 0 Å². The molecule has 0 fully saturated rings. The van der Waals surface area contributed by atoms with Gasteiger partial charge in [-0.2, -0.15) is 0 Å². The number of rotatable bonds is 5. The summed E-state index contributed by atoms with van der Waals surface area (Å²) in [5.41, 5.74) is 1.96. The van der Waals surface area contributed by atoms with Gasteiger partial charge in [-0.3, -0.25) is 0 Å². The van der Waals surface area contributed by atoms with Crippen LogP contribution in [0.2, 0.25) is 0 Å². The standard InChI is InChI=1S/C16H15F2NO2/c1-10-3-2-4-13(9-10)19-14(16(20)21)11-5-7-12(8-6-11)15(17)18/h2-9,14-15,19H,1H3,(H,20,21). The van der Waals surface area contributed by atoms with Crippen LogP contribution in [0.15, 0.2) is 48.5 Å². The van der Waals surface area contributed by atoms with E-state index < -0.39 is 18.4 Å². The maximum atomic E-state index is 12.5. The second-order valence-corrected chi connectivity index (χ2v) is 4.75. The van der Waals surface area contributed by atoms with Gasteiger partial charge in [0.05, 0.1) is 0 Å². The quantitative estimate of drug-likeness (QED) is 0.869. The van der Waals surface area contributed by atoms with Gasteiger partial charge in [-0.15, -0.1) is 0 Å². The Morgan fingerprint density at radius 2 is 1.71 bits per heavy atom. The summed E-state index contributed by atoms with van der Waals surface area (Å²) in [6, 6.07) is 11.6. The lowest BCUT2D eigenvalue weighted by Crippen LogP contribution is -2.20. The van der Waals surface area contributed by atoms with E-state index in [1.165, 1.54) is 24.3 Å². The van der Waals surface area contributed by atoms with Gasteiger partial charge in [-0.25, -0.2) is 13.6 Å². The number of aliphatic carboxylic acids is 1. The second kappa shape index (κ2) is 6.35. The van der Waals surface area contributed by atoms with Crippen LogP contribution in [-0.4, -0.2) is 11.1 Å². The number of nitrogens with one attached hydrogen (secondary N) is 1. The van der Waals surface area contributed by atoms with Crippen LogP contribution in [0.5, 0.6) is 0 Å². The maximum absolute atomic E-state index is 12.5. The van der Waals surface area contributed by atoms with Gasteiger partial charge in [0.1, 0.15) is 0 Å². The van der Waals surface area contributed by atoms with E-state index in [-0.39, 0.29) is 5.56 Å². The highest BCUT2D eigenvalue weighted by molar-refractivity contribution is 5.79. The highest BCUT2D eigenvalue weighted by Gasteiger charge is 2.20. The molecule has 0 aliphatic carbocycles. The fraction of sp³-hybridized carbons (Fsp3) is 0.188. The van der Waals surface area contributed by atoms with E-state index in [4.69, 9.17) is 0 Å². The summed E-state index contributed by atoms with van der Waals surface area (Å²) in [6.07, 6.45) is -2.56. The van der Waals surface area contributed by atoms with Crippen molar-refractivity contribution in [1.29, 1.82) is 0 Å². The van der Waals surface area contributed by atoms with Crippen LogP contribution in [0.4, 0.5) is 14.5 Å². The first kappa shape index (κ1) is 15.0. The summed E-state index contributed by atoms with van der Waals surface area (Å²) in [5.74, 6) is -1.07. The fourth-order valence-electron chi connectivity index (χ4n) is 2.02. The summed E-state index contributed by atoms with van der Waals surface area (Å²) in [5, 5.41) is 12.2. The number of benzene rings is 2. The van der Waals surface area contributed by atoms with Crippen LogP contribution >= 0.6 is 0 Å². The smallest absolute Gasteiger partial charge is 0.330 e. The number of carboxylic acids is 1. The van der Waals surface area contributed by atoms with Crippen molar-refractivity contribution in [2.75, 3.05) is 5.32 Å². The number of carboxylic acid groups (broad SMARTS) is 1. The van der Waals surface area contributed by atoms with E-state index >= 15 is 0 Å². The summed E-state index contributed by atoms with van der Waals surface area (Å²) in [4.78, 5) is 11.4. The highest BCUT2D eigenvalue weighted by atomic mass is 19.3. The summed E-state index contributed by atoms with van der Waals surface area (Å²) < 4.78 is 25.0. The van der Waals surface area contributed by atoms with E-state index in [0.29, 0.717) is 11.3 Å². The molecule has 0 aliphatic heterocycles. The predicted molar refractivity (Wildman–Crippen MR) is 76.6 cm³/mol. The Morgan fingerprint density at radius 1 is 1.10 bits per heavy atom. The Labute approximate surface area is 121 Å². The Morgan fingerprint density at radius 3 is 2.24 bits per heavy atom. The Balaban J connectivity index is 2.24. The van der Waals surface area contributed by atoms with Crippen molar-refractivity contribution in [2.24, 2.45) is 0 Å². The van der Waals surface area contributed by atoms with Gasteiger partial charge < -0.3 is 10.4 Å². The third kappa shape index (κ3) is 3.78. The zero-order chi connectivity index (χ0) is 15.4. The first-order valence-corrected chi connectivity index (χ1v) is 6.41. The molecule has 0 amide bonds. The van der Waals surface area contributed by atoms with Crippen molar-refractivity contribution >= 4 is 11.7 Å². The molecule has 5 heteroatoms. The summed E-state index contributed by atoms with van der Waals surface area (Å²) in [6.45, 7) is 1.90. The van der Waals surface area contributed by atoms with Gasteiger partial charge >= 0.3 is 5.97 Å². The van der Waals surface area contributed by atoms with Gasteiger partial charge in [0.2, 0.25) is 0 Å². The third-order valence-corrected chi connectivity index (χ3v) is 3.10. The molecule has 0 radical (unpaired) electrons. The molecule has 2 rings (SSSR count). The Hall–Kier alpha value is -2.43. The number of hydrogen-bond acceptors (Lipinski definition) is 2. The number of aryl methyl sites for hydroxylation is 1. The molecule has 0 saturated carbocycles. The van der Waals surface area contributed by atoms with Crippen molar-refractivity contribution in [1.82, 2.24) is 0 Å². The molecule has 0 heterocycles. The minimum Gasteiger partial charge on any atom is -0.479 e. The van der Waals surface area contributed by atoms with E-state index in [0.717, 1.165) is 5.56 Å². The first-order valence-electron chi connectivity index (χ1n) is 6.41. The average Bonchev–Trinajstić information content (AvgIpc) is 2.44. The van der Waals surface area contributed by atoms with Gasteiger partial charge in [0.25, 0.3) is 6.43 Å². The molecule has 2 aromatic carbocycles. The lowest BCUT2D eigenvalue weighted by molar-refractivity contribution is -0.138. The van der Waals surface area contributed by atoms with Gasteiger partial charge in [0.15, 0.2) is 6.04 Å². The second-order valence-electron chi connectivity index (χ2n) is 4.75. The van der Waals surface area contributed by atoms with Crippen LogP contribution in [-0.2, 0) is 4.79 Å². The maximum Gasteiger partial charge on any atom is 0.330 e. The van der Waals surface area contributed by atoms with E-state index in [2.05, 4.69) is 5.32 Å². The number of halogens is 2. The molecular formula is C16H15F2NO2. The minimum absolute atomic E-state index is 0.126. The highest BCUT2D eigenvalue weighted by Crippen LogP contribution is 2.24. The van der Waals surface area contributed by atoms with Crippen molar-refractivity contribution in [2.45, 2.75) is 19.4 Å². The minimum atomic E-state index is -2.56. The third-order valence-electron chi connectivity index (χ3n) is 3.10. The zero-order valence-electron chi connectivity index (χ0n) is 11.4. The molecule has 1 unspecified atom stereocenters. The average molecular weight is 291 g/mol. The van der Waals surface area contributed by atoms with E-state index in [1.54, 1.807) is 6.07 Å². The molecule has 2 aromatic rings. The van der Waals surface area contributed by atoms with Crippen LogP contribution in [0.1, 0.15) is 29.2 Å². The zero-order valence-corrected chi connectivity index (χ0v) is 11.4. The molecule has 21 heavy (non-hydrogen) atoms. The number of carbonyl (C=O) groups is 1. The number of alkyl halides is 2. The van der Waals surface area contributed by atoms with Crippen molar-refractivity contribution in [3.05, 3.63) is 65.2 Å². The van der Waals surface area contributed by atoms with E-state index in [9.17, 15) is 18.7 Å². The lowest BCUT2D eigenvalue weighted by Gasteiger charge is -2.17. The molecule has 2 N–H and O–H groups in total. The van der Waals surface area contributed by atoms with Crippen molar-refractivity contribution in [3.8, 4) is 0 Å². The molecule has 0 bridgehead atoms. The topological polar surface area (TPSA) is 49.3 Å². The molecule has 0 spiro atoms. The molecule has 0 saturated heterocycles. The molecule has 0 aliphatic rings. The van der Waals surface area contributed by atoms with E-state index in [1.807, 2.05) is 25.1 Å². The molecule has 110 valence electrons. The van der Waals surface area contributed by atoms with Crippen molar-refractivity contribution in [3.63, 3.8) is 0 Å². The Bertz CT molecular complexity index is 626. The van der Waals surface area contributed by atoms with Gasteiger partial charge in [0, 0.05) is 11.3 Å². The first-order chi connectivity index (χ1) is 9.97. The molecule has 1 atom stereocenters. The fourth-order valence-corrected chi connectivity index (χ4v) is 2.02. The number of anilines is 1. The Kier molecular flexibility index (Phi) is 4.52. The van der Waals surface area contributed by atoms with Gasteiger partial charge in [-0.1, -0.05) is 36.4 Å². The molecule has 0 aromatic heterocycles. The van der Waals surface area contributed by atoms with Crippen molar-refractivity contribution < 1.29 is 18.7 Å². The normalized spacial score (nSPS) is 12.2. The predicted octanol–water partition coefficient (Wildman–Crippen LogP) is 4.17. The van der Waals surface area contributed by atoms with Gasteiger partial charge in [-0.05, 0) is 30.2 Å². The SMILES string of the molecule is Cc1cccc(NC(C(=O)O)c2ccc(C(F)F)cc2)c1. The van der Waals surface area contributed by atoms with Crippen LogP contribution in [0, 0.1) is 6.92 Å². The summed E-state index contributed by atoms with van der Waals surface area (Å²) in [7, 11) is 0. The molecule has 3 nitrogen and oxygen atoms in total. The van der Waals surface area contributed by atoms with Crippen LogP contribution < -0.4 is 5.32 Å². The molecular weight excluding hydrogens is 276 g/mol. The summed E-state index contributed by atoms with van der Waals surface area (Å²) >= 11 is 0. The lowest BCUT2D eigenvalue weighted by atomic mass is 10.0. The monoisotopic (exact) mass is 291 g/mol. The van der Waals surface area contributed by atoms with Crippen LogP contribution in [0.25, 0.3) is 0 Å². The largest absolute Gasteiger partial charge is 0.479 e. The number of hydrogen-bond donors (Lipinski definition) is 2.